The Morgan fingerprint density at radius 3 is 2.38 bits per heavy atom. The Labute approximate surface area is 153 Å². The van der Waals surface area contributed by atoms with Crippen LogP contribution in [-0.4, -0.2) is 28.0 Å². The topological polar surface area (TPSA) is 84.2 Å². The molecule has 0 spiro atoms. The van der Waals surface area contributed by atoms with Gasteiger partial charge in [-0.3, -0.25) is 10.1 Å². The summed E-state index contributed by atoms with van der Waals surface area (Å²) < 4.78 is 1.10. The summed E-state index contributed by atoms with van der Waals surface area (Å²) in [6.45, 7) is 1.58. The van der Waals surface area contributed by atoms with Gasteiger partial charge in [-0.2, -0.15) is 0 Å². The van der Waals surface area contributed by atoms with Gasteiger partial charge in [0, 0.05) is 22.3 Å². The molecule has 0 unspecified atom stereocenters. The number of hydrogen-bond donors (Lipinski definition) is 1. The first kappa shape index (κ1) is 16.9. The largest absolute Gasteiger partial charge is 0.353 e. The van der Waals surface area contributed by atoms with Crippen LogP contribution >= 0.6 is 22.6 Å². The lowest BCUT2D eigenvalue weighted by Gasteiger charge is -2.21. The lowest BCUT2D eigenvalue weighted by molar-refractivity contribution is -0.383. The fourth-order valence-electron chi connectivity index (χ4n) is 2.81. The fraction of sp³-hybridized carbons (Fsp3) is 0.375. The van der Waals surface area contributed by atoms with Crippen molar-refractivity contribution in [2.45, 2.75) is 25.7 Å². The molecule has 2 aromatic rings. The molecule has 1 aliphatic heterocycles. The van der Waals surface area contributed by atoms with Crippen LogP contribution in [0.3, 0.4) is 0 Å². The van der Waals surface area contributed by atoms with E-state index in [0.717, 1.165) is 48.0 Å². The minimum Gasteiger partial charge on any atom is -0.351 e. The molecule has 0 amide bonds. The molecule has 8 heteroatoms. The zero-order valence-corrected chi connectivity index (χ0v) is 15.3. The first-order valence-corrected chi connectivity index (χ1v) is 9.00. The number of nitrogens with zero attached hydrogens (tertiary/aromatic N) is 4. The van der Waals surface area contributed by atoms with Gasteiger partial charge in [-0.25, -0.2) is 9.97 Å². The summed E-state index contributed by atoms with van der Waals surface area (Å²) in [6, 6.07) is 7.62. The average Bonchev–Trinajstić information content (AvgIpc) is 2.86. The summed E-state index contributed by atoms with van der Waals surface area (Å²) in [5.74, 6) is 0.639. The van der Waals surface area contributed by atoms with Gasteiger partial charge in [-0.05, 0) is 59.7 Å². The number of rotatable bonds is 4. The van der Waals surface area contributed by atoms with Crippen molar-refractivity contribution in [2.75, 3.05) is 23.3 Å². The van der Waals surface area contributed by atoms with E-state index in [1.807, 2.05) is 29.2 Å². The second-order valence-corrected chi connectivity index (χ2v) is 6.93. The molecule has 1 saturated heterocycles. The Bertz CT molecular complexity index is 715. The van der Waals surface area contributed by atoms with E-state index in [1.54, 1.807) is 0 Å². The molecule has 2 heterocycles. The zero-order valence-electron chi connectivity index (χ0n) is 13.1. The second kappa shape index (κ2) is 7.73. The zero-order chi connectivity index (χ0) is 16.9. The number of nitro groups is 1. The molecule has 0 bridgehead atoms. The summed E-state index contributed by atoms with van der Waals surface area (Å²) in [5, 5.41) is 14.7. The summed E-state index contributed by atoms with van der Waals surface area (Å²) in [4.78, 5) is 21.6. The van der Waals surface area contributed by atoms with Gasteiger partial charge in [-0.15, -0.1) is 0 Å². The Balaban J connectivity index is 1.95. The van der Waals surface area contributed by atoms with Gasteiger partial charge in [-0.1, -0.05) is 12.8 Å². The lowest BCUT2D eigenvalue weighted by atomic mass is 10.2. The summed E-state index contributed by atoms with van der Waals surface area (Å²) in [5.41, 5.74) is 0.706. The van der Waals surface area contributed by atoms with Crippen LogP contribution in [0.1, 0.15) is 25.7 Å². The van der Waals surface area contributed by atoms with Crippen LogP contribution in [0.25, 0.3) is 0 Å². The minimum absolute atomic E-state index is 0.0575. The number of nitrogens with one attached hydrogen (secondary N) is 1. The molecule has 0 aliphatic carbocycles. The van der Waals surface area contributed by atoms with Crippen LogP contribution in [0.5, 0.6) is 0 Å². The number of benzene rings is 1. The third-order valence-electron chi connectivity index (χ3n) is 4.00. The van der Waals surface area contributed by atoms with Crippen LogP contribution in [0.4, 0.5) is 23.0 Å². The molecular weight excluding hydrogens is 421 g/mol. The van der Waals surface area contributed by atoms with Crippen molar-refractivity contribution in [3.63, 3.8) is 0 Å². The maximum absolute atomic E-state index is 11.7. The van der Waals surface area contributed by atoms with Crippen molar-refractivity contribution < 1.29 is 4.92 Å². The van der Waals surface area contributed by atoms with Crippen molar-refractivity contribution >= 4 is 45.6 Å². The van der Waals surface area contributed by atoms with Crippen molar-refractivity contribution in [1.29, 1.82) is 0 Å². The Kier molecular flexibility index (Phi) is 5.44. The molecule has 1 aromatic heterocycles. The normalized spacial score (nSPS) is 15.0. The molecule has 24 heavy (non-hydrogen) atoms. The van der Waals surface area contributed by atoms with E-state index in [9.17, 15) is 10.1 Å². The van der Waals surface area contributed by atoms with Gasteiger partial charge in [0.15, 0.2) is 0 Å². The van der Waals surface area contributed by atoms with E-state index in [2.05, 4.69) is 37.9 Å². The van der Waals surface area contributed by atoms with Crippen molar-refractivity contribution in [2.24, 2.45) is 0 Å². The second-order valence-electron chi connectivity index (χ2n) is 5.68. The highest BCUT2D eigenvalue weighted by atomic mass is 127. The van der Waals surface area contributed by atoms with Crippen LogP contribution in [0.2, 0.25) is 0 Å². The molecule has 1 aromatic carbocycles. The van der Waals surface area contributed by atoms with Gasteiger partial charge in [0.25, 0.3) is 0 Å². The fourth-order valence-corrected chi connectivity index (χ4v) is 3.17. The van der Waals surface area contributed by atoms with E-state index in [1.165, 1.54) is 6.33 Å². The maximum Gasteiger partial charge on any atom is 0.353 e. The number of aromatic nitrogens is 2. The Hall–Kier alpha value is -1.97. The third kappa shape index (κ3) is 3.92. The van der Waals surface area contributed by atoms with Gasteiger partial charge in [0.05, 0.1) is 4.92 Å². The summed E-state index contributed by atoms with van der Waals surface area (Å²) in [6.07, 6.45) is 5.76. The first-order valence-electron chi connectivity index (χ1n) is 7.92. The number of anilines is 3. The molecule has 1 aliphatic rings. The highest BCUT2D eigenvalue weighted by Crippen LogP contribution is 2.34. The predicted octanol–water partition coefficient (Wildman–Crippen LogP) is 4.11. The minimum atomic E-state index is -0.394. The molecule has 1 fully saturated rings. The van der Waals surface area contributed by atoms with E-state index < -0.39 is 4.92 Å². The van der Waals surface area contributed by atoms with Crippen molar-refractivity contribution in [1.82, 2.24) is 9.97 Å². The smallest absolute Gasteiger partial charge is 0.351 e. The van der Waals surface area contributed by atoms with Crippen LogP contribution in [-0.2, 0) is 0 Å². The summed E-state index contributed by atoms with van der Waals surface area (Å²) in [7, 11) is 0. The Morgan fingerprint density at radius 1 is 1.08 bits per heavy atom. The third-order valence-corrected chi connectivity index (χ3v) is 4.72. The highest BCUT2D eigenvalue weighted by molar-refractivity contribution is 14.1. The van der Waals surface area contributed by atoms with E-state index >= 15 is 0 Å². The maximum atomic E-state index is 11.7. The van der Waals surface area contributed by atoms with Crippen LogP contribution in [0, 0.1) is 13.7 Å². The van der Waals surface area contributed by atoms with Gasteiger partial charge in [0.1, 0.15) is 6.33 Å². The van der Waals surface area contributed by atoms with Gasteiger partial charge >= 0.3 is 5.69 Å². The van der Waals surface area contributed by atoms with Crippen molar-refractivity contribution in [3.8, 4) is 0 Å². The standard InChI is InChI=1S/C16H18IN5O2/c17-12-5-7-13(8-6-12)20-15-14(22(23)24)16(19-11-18-15)21-9-3-1-2-4-10-21/h5-8,11H,1-4,9-10H2,(H,18,19,20). The van der Waals surface area contributed by atoms with Crippen LogP contribution in [0.15, 0.2) is 30.6 Å². The molecule has 7 nitrogen and oxygen atoms in total. The van der Waals surface area contributed by atoms with Crippen molar-refractivity contribution in [3.05, 3.63) is 44.3 Å². The number of hydrogen-bond acceptors (Lipinski definition) is 6. The van der Waals surface area contributed by atoms with Gasteiger partial charge in [0.2, 0.25) is 11.6 Å². The average molecular weight is 439 g/mol. The Morgan fingerprint density at radius 2 is 1.75 bits per heavy atom. The SMILES string of the molecule is O=[N+]([O-])c1c(Nc2ccc(I)cc2)ncnc1N1CCCCCC1. The molecule has 0 saturated carbocycles. The molecule has 0 atom stereocenters. The molecule has 126 valence electrons. The monoisotopic (exact) mass is 439 g/mol. The predicted molar refractivity (Wildman–Crippen MR) is 102 cm³/mol. The molecular formula is C16H18IN5O2. The summed E-state index contributed by atoms with van der Waals surface area (Å²) >= 11 is 2.21. The van der Waals surface area contributed by atoms with E-state index in [4.69, 9.17) is 0 Å². The lowest BCUT2D eigenvalue weighted by Crippen LogP contribution is -2.26. The number of halogens is 1. The van der Waals surface area contributed by atoms with E-state index in [0.29, 0.717) is 5.82 Å². The molecule has 3 rings (SSSR count). The van der Waals surface area contributed by atoms with Gasteiger partial charge < -0.3 is 10.2 Å². The molecule has 0 radical (unpaired) electrons. The highest BCUT2D eigenvalue weighted by Gasteiger charge is 2.27. The van der Waals surface area contributed by atoms with Crippen LogP contribution < -0.4 is 10.2 Å². The van der Waals surface area contributed by atoms with E-state index in [-0.39, 0.29) is 11.5 Å². The first-order chi connectivity index (χ1) is 11.6. The quantitative estimate of drug-likeness (QED) is 0.439. The molecule has 1 N–H and O–H groups in total.